The zero-order valence-electron chi connectivity index (χ0n) is 6.31. The van der Waals surface area contributed by atoms with Gasteiger partial charge in [0.25, 0.3) is 0 Å². The molecule has 0 aliphatic rings. The first-order valence-corrected chi connectivity index (χ1v) is 3.21. The van der Waals surface area contributed by atoms with E-state index in [2.05, 4.69) is 17.2 Å². The highest BCUT2D eigenvalue weighted by molar-refractivity contribution is 5.55. The van der Waals surface area contributed by atoms with E-state index in [-0.39, 0.29) is 0 Å². The molecule has 0 aliphatic heterocycles. The molecule has 2 heteroatoms. The lowest BCUT2D eigenvalue weighted by Gasteiger charge is -1.96. The summed E-state index contributed by atoms with van der Waals surface area (Å²) in [5, 5.41) is 2.97. The molecule has 9 heavy (non-hydrogen) atoms. The minimum absolute atomic E-state index is 0.944. The fraction of sp³-hybridized carbons (Fsp3) is 0.571. The summed E-state index contributed by atoms with van der Waals surface area (Å²) in [6.45, 7) is 3.99. The fourth-order valence-electron chi connectivity index (χ4n) is 0.552. The van der Waals surface area contributed by atoms with E-state index in [1.165, 1.54) is 0 Å². The van der Waals surface area contributed by atoms with Crippen LogP contribution < -0.4 is 5.32 Å². The number of hydrogen-bond acceptors (Lipinski definition) is 2. The van der Waals surface area contributed by atoms with Gasteiger partial charge in [-0.1, -0.05) is 6.92 Å². The molecule has 0 fully saturated rings. The van der Waals surface area contributed by atoms with Crippen molar-refractivity contribution >= 4 is 6.21 Å². The Bertz CT molecular complexity index is 114. The number of aliphatic imine (C=N–C) groups is 1. The highest BCUT2D eigenvalue weighted by atomic mass is 15.0. The Labute approximate surface area is 56.7 Å². The normalized spacial score (nSPS) is 12.6. The number of hydrogen-bond donors (Lipinski definition) is 1. The van der Waals surface area contributed by atoms with Crippen LogP contribution in [-0.2, 0) is 0 Å². The Morgan fingerprint density at radius 2 is 2.33 bits per heavy atom. The van der Waals surface area contributed by atoms with Crippen LogP contribution in [0.15, 0.2) is 16.9 Å². The minimum Gasteiger partial charge on any atom is -0.373 e. The van der Waals surface area contributed by atoms with E-state index < -0.39 is 0 Å². The van der Waals surface area contributed by atoms with Gasteiger partial charge in [-0.25, -0.2) is 4.99 Å². The van der Waals surface area contributed by atoms with Crippen molar-refractivity contribution in [3.63, 3.8) is 0 Å². The first kappa shape index (κ1) is 8.21. The van der Waals surface area contributed by atoms with Crippen molar-refractivity contribution in [1.82, 2.24) is 5.32 Å². The van der Waals surface area contributed by atoms with Gasteiger partial charge in [0.15, 0.2) is 0 Å². The van der Waals surface area contributed by atoms with Crippen LogP contribution in [0.4, 0.5) is 0 Å². The third-order valence-electron chi connectivity index (χ3n) is 0.922. The Kier molecular flexibility index (Phi) is 4.88. The van der Waals surface area contributed by atoms with Gasteiger partial charge in [-0.3, -0.25) is 0 Å². The van der Waals surface area contributed by atoms with E-state index >= 15 is 0 Å². The number of allylic oxidation sites excluding steroid dienone is 1. The zero-order valence-corrected chi connectivity index (χ0v) is 6.31. The molecule has 0 saturated carbocycles. The lowest BCUT2D eigenvalue weighted by Crippen LogP contribution is -2.02. The van der Waals surface area contributed by atoms with Crippen molar-refractivity contribution < 1.29 is 0 Å². The first-order chi connectivity index (χ1) is 4.35. The van der Waals surface area contributed by atoms with Crippen molar-refractivity contribution in [3.8, 4) is 0 Å². The van der Waals surface area contributed by atoms with E-state index in [0.717, 1.165) is 12.2 Å². The van der Waals surface area contributed by atoms with Crippen molar-refractivity contribution in [3.05, 3.63) is 11.9 Å². The average Bonchev–Trinajstić information content (AvgIpc) is 1.88. The molecular weight excluding hydrogens is 112 g/mol. The van der Waals surface area contributed by atoms with Crippen LogP contribution >= 0.6 is 0 Å². The molecule has 2 nitrogen and oxygen atoms in total. The van der Waals surface area contributed by atoms with Gasteiger partial charge in [-0.05, 0) is 19.4 Å². The lowest BCUT2D eigenvalue weighted by atomic mass is 10.4. The van der Waals surface area contributed by atoms with E-state index in [9.17, 15) is 0 Å². The highest BCUT2D eigenvalue weighted by Crippen LogP contribution is 1.90. The summed E-state index contributed by atoms with van der Waals surface area (Å²) >= 11 is 0. The lowest BCUT2D eigenvalue weighted by molar-refractivity contribution is 0.946. The van der Waals surface area contributed by atoms with Crippen LogP contribution in [0.2, 0.25) is 0 Å². The van der Waals surface area contributed by atoms with Gasteiger partial charge in [0, 0.05) is 13.3 Å². The molecule has 0 saturated heterocycles. The second-order valence-corrected chi connectivity index (χ2v) is 1.63. The predicted molar refractivity (Wildman–Crippen MR) is 41.6 cm³/mol. The van der Waals surface area contributed by atoms with Gasteiger partial charge in [-0.15, -0.1) is 0 Å². The molecule has 0 heterocycles. The first-order valence-electron chi connectivity index (χ1n) is 3.21. The van der Waals surface area contributed by atoms with Gasteiger partial charge in [0.05, 0.1) is 0 Å². The molecule has 0 aromatic rings. The van der Waals surface area contributed by atoms with Crippen LogP contribution in [-0.4, -0.2) is 13.3 Å². The van der Waals surface area contributed by atoms with Gasteiger partial charge < -0.3 is 5.32 Å². The average molecular weight is 126 g/mol. The smallest absolute Gasteiger partial charge is 0.121 e. The molecule has 0 spiro atoms. The van der Waals surface area contributed by atoms with Gasteiger partial charge in [-0.2, -0.15) is 0 Å². The number of nitrogens with one attached hydrogen (secondary N) is 1. The molecule has 52 valence electrons. The van der Waals surface area contributed by atoms with E-state index in [0.29, 0.717) is 0 Å². The molecule has 0 bridgehead atoms. The van der Waals surface area contributed by atoms with Crippen LogP contribution in [0.3, 0.4) is 0 Å². The maximum absolute atomic E-state index is 4.06. The second kappa shape index (κ2) is 5.35. The number of nitrogens with zero attached hydrogens (tertiary/aromatic N) is 1. The highest BCUT2D eigenvalue weighted by Gasteiger charge is 1.81. The summed E-state index contributed by atoms with van der Waals surface area (Å²) in [6.07, 6.45) is 4.84. The molecule has 0 aromatic heterocycles. The summed E-state index contributed by atoms with van der Waals surface area (Å²) in [5.41, 5.74) is 0. The zero-order chi connectivity index (χ0) is 7.11. The Morgan fingerprint density at radius 3 is 2.67 bits per heavy atom. The standard InChI is InChI=1S/C7H14N2/c1-4-6-7(8-3)9-5-2/h5-6,8H,4H2,1-3H3/b7-6-,9-5?. The van der Waals surface area contributed by atoms with E-state index in [1.54, 1.807) is 6.21 Å². The molecule has 0 atom stereocenters. The van der Waals surface area contributed by atoms with Crippen molar-refractivity contribution in [2.45, 2.75) is 20.3 Å². The van der Waals surface area contributed by atoms with Crippen molar-refractivity contribution in [2.75, 3.05) is 7.05 Å². The third-order valence-corrected chi connectivity index (χ3v) is 0.922. The minimum atomic E-state index is 0.944. The van der Waals surface area contributed by atoms with Crippen molar-refractivity contribution in [1.29, 1.82) is 0 Å². The molecule has 0 radical (unpaired) electrons. The van der Waals surface area contributed by atoms with Crippen LogP contribution in [0, 0.1) is 0 Å². The van der Waals surface area contributed by atoms with E-state index in [1.807, 2.05) is 20.0 Å². The third kappa shape index (κ3) is 3.76. The van der Waals surface area contributed by atoms with E-state index in [4.69, 9.17) is 0 Å². The van der Waals surface area contributed by atoms with Crippen LogP contribution in [0.1, 0.15) is 20.3 Å². The SMILES string of the molecule is CC=N/C(=C\CC)NC. The fourth-order valence-corrected chi connectivity index (χ4v) is 0.552. The molecule has 0 aliphatic carbocycles. The Hall–Kier alpha value is -0.790. The van der Waals surface area contributed by atoms with Crippen molar-refractivity contribution in [2.24, 2.45) is 4.99 Å². The maximum Gasteiger partial charge on any atom is 0.121 e. The summed E-state index contributed by atoms with van der Waals surface area (Å²) in [4.78, 5) is 4.06. The summed E-state index contributed by atoms with van der Waals surface area (Å²) in [6, 6.07) is 0. The van der Waals surface area contributed by atoms with Gasteiger partial charge in [0.2, 0.25) is 0 Å². The Morgan fingerprint density at radius 1 is 1.67 bits per heavy atom. The maximum atomic E-state index is 4.06. The Balaban J connectivity index is 3.81. The van der Waals surface area contributed by atoms with Gasteiger partial charge >= 0.3 is 0 Å². The monoisotopic (exact) mass is 126 g/mol. The summed E-state index contributed by atoms with van der Waals surface area (Å²) in [7, 11) is 1.87. The van der Waals surface area contributed by atoms with Crippen LogP contribution in [0.5, 0.6) is 0 Å². The molecule has 0 rings (SSSR count). The topological polar surface area (TPSA) is 24.4 Å². The molecule has 0 unspecified atom stereocenters. The molecular formula is C7H14N2. The molecule has 0 aromatic carbocycles. The molecule has 0 amide bonds. The summed E-state index contributed by atoms with van der Waals surface area (Å²) in [5.74, 6) is 0.944. The van der Waals surface area contributed by atoms with Gasteiger partial charge in [0.1, 0.15) is 5.82 Å². The largest absolute Gasteiger partial charge is 0.373 e. The summed E-state index contributed by atoms with van der Waals surface area (Å²) < 4.78 is 0. The van der Waals surface area contributed by atoms with Crippen LogP contribution in [0.25, 0.3) is 0 Å². The number of rotatable bonds is 3. The molecule has 1 N–H and O–H groups in total. The quantitative estimate of drug-likeness (QED) is 0.570. The predicted octanol–water partition coefficient (Wildman–Crippen LogP) is 1.55. The second-order valence-electron chi connectivity index (χ2n) is 1.63.